The molecule has 280 valence electrons. The Morgan fingerprint density at radius 3 is 1.71 bits per heavy atom. The number of anilines is 6. The summed E-state index contributed by atoms with van der Waals surface area (Å²) in [5, 5.41) is 28.3. The second-order valence-corrected chi connectivity index (χ2v) is 14.4. The predicted molar refractivity (Wildman–Crippen MR) is 220 cm³/mol. The molecule has 1 amide bonds. The van der Waals surface area contributed by atoms with E-state index in [1.807, 2.05) is 67.8 Å². The van der Waals surface area contributed by atoms with Crippen LogP contribution in [-0.2, 0) is 0 Å². The average molecular weight is 761 g/mol. The van der Waals surface area contributed by atoms with Crippen molar-refractivity contribution in [2.45, 2.75) is 39.5 Å². The molecule has 0 spiro atoms. The normalized spacial score (nSPS) is 13.4. The van der Waals surface area contributed by atoms with Crippen molar-refractivity contribution in [2.75, 3.05) is 46.6 Å². The minimum atomic E-state index is -0.464. The van der Waals surface area contributed by atoms with E-state index in [1.54, 1.807) is 30.6 Å². The highest BCUT2D eigenvalue weighted by Gasteiger charge is 2.18. The Hall–Kier alpha value is -6.90. The molecule has 4 N–H and O–H groups in total. The zero-order valence-corrected chi connectivity index (χ0v) is 32.0. The molecule has 0 aliphatic carbocycles. The molecule has 13 nitrogen and oxygen atoms in total. The van der Waals surface area contributed by atoms with Crippen LogP contribution in [0.15, 0.2) is 84.5 Å². The van der Waals surface area contributed by atoms with Gasteiger partial charge in [-0.1, -0.05) is 12.1 Å². The molecule has 56 heavy (non-hydrogen) atoms. The summed E-state index contributed by atoms with van der Waals surface area (Å²) in [5.41, 5.74) is 15.0. The van der Waals surface area contributed by atoms with E-state index in [4.69, 9.17) is 5.73 Å². The van der Waals surface area contributed by atoms with E-state index < -0.39 is 5.91 Å². The average Bonchev–Trinajstić information content (AvgIpc) is 4.04. The summed E-state index contributed by atoms with van der Waals surface area (Å²) in [6, 6.07) is 25.3. The molecule has 2 saturated heterocycles. The Bertz CT molecular complexity index is 2460. The number of thiazole rings is 1. The fourth-order valence-corrected chi connectivity index (χ4v) is 7.46. The van der Waals surface area contributed by atoms with Crippen molar-refractivity contribution < 1.29 is 4.79 Å². The van der Waals surface area contributed by atoms with Gasteiger partial charge in [0.1, 0.15) is 12.1 Å². The number of nitrogens with two attached hydrogens (primary N) is 1. The Labute approximate surface area is 329 Å². The number of primary amides is 1. The van der Waals surface area contributed by atoms with Gasteiger partial charge in [0.05, 0.1) is 39.6 Å². The number of benzene rings is 3. The fourth-order valence-electron chi connectivity index (χ4n) is 6.78. The van der Waals surface area contributed by atoms with E-state index >= 15 is 0 Å². The molecule has 14 heteroatoms. The molecule has 2 aliphatic heterocycles. The molecule has 0 bridgehead atoms. The van der Waals surface area contributed by atoms with E-state index in [0.29, 0.717) is 28.6 Å². The summed E-state index contributed by atoms with van der Waals surface area (Å²) in [6.45, 7) is 7.85. The van der Waals surface area contributed by atoms with E-state index in [1.165, 1.54) is 24.2 Å². The molecule has 0 radical (unpaired) electrons. The van der Waals surface area contributed by atoms with Gasteiger partial charge in [-0.15, -0.1) is 11.3 Å². The SMILES string of the molecule is Cc1cc(C(N)=O)ccc1Nc1nccc(-c2ccc(N3CCCC3)c(C#N)c2)n1.Cc1csc(Nc2nccc(-c3ccc(N4CCCC4)c(C#N)c3)n2)n1. The third-order valence-corrected chi connectivity index (χ3v) is 10.5. The first-order valence-corrected chi connectivity index (χ1v) is 19.3. The summed E-state index contributed by atoms with van der Waals surface area (Å²) in [6.07, 6.45) is 8.08. The van der Waals surface area contributed by atoms with Crippen LogP contribution in [0.25, 0.3) is 22.5 Å². The number of nitrogens with one attached hydrogen (secondary N) is 2. The van der Waals surface area contributed by atoms with E-state index in [9.17, 15) is 15.3 Å². The van der Waals surface area contributed by atoms with Crippen molar-refractivity contribution in [3.63, 3.8) is 0 Å². The second-order valence-electron chi connectivity index (χ2n) is 13.5. The first kappa shape index (κ1) is 37.4. The van der Waals surface area contributed by atoms with Crippen LogP contribution >= 0.6 is 11.3 Å². The molecule has 6 aromatic rings. The Morgan fingerprint density at radius 2 is 1.25 bits per heavy atom. The number of rotatable bonds is 9. The maximum Gasteiger partial charge on any atom is 0.248 e. The number of aryl methyl sites for hydroxylation is 2. The summed E-state index contributed by atoms with van der Waals surface area (Å²) in [5.74, 6) is 0.470. The first-order chi connectivity index (χ1) is 27.3. The largest absolute Gasteiger partial charge is 0.370 e. The van der Waals surface area contributed by atoms with Crippen LogP contribution in [0.1, 0.15) is 58.4 Å². The van der Waals surface area contributed by atoms with Gasteiger partial charge in [-0.3, -0.25) is 4.79 Å². The summed E-state index contributed by atoms with van der Waals surface area (Å²) in [7, 11) is 0. The minimum absolute atomic E-state index is 0.435. The monoisotopic (exact) mass is 760 g/mol. The third kappa shape index (κ3) is 8.73. The fraction of sp³-hybridized carbons (Fsp3) is 0.238. The van der Waals surface area contributed by atoms with Crippen LogP contribution in [0.3, 0.4) is 0 Å². The lowest BCUT2D eigenvalue weighted by atomic mass is 10.1. The van der Waals surface area contributed by atoms with Crippen LogP contribution in [-0.4, -0.2) is 57.0 Å². The smallest absolute Gasteiger partial charge is 0.248 e. The number of aromatic nitrogens is 5. The van der Waals surface area contributed by atoms with Gasteiger partial charge < -0.3 is 26.2 Å². The molecule has 2 fully saturated rings. The number of amides is 1. The number of nitrogens with zero attached hydrogens (tertiary/aromatic N) is 9. The Morgan fingerprint density at radius 1 is 0.714 bits per heavy atom. The highest BCUT2D eigenvalue weighted by atomic mass is 32.1. The van der Waals surface area contributed by atoms with Crippen molar-refractivity contribution in [3.05, 3.63) is 112 Å². The number of carbonyl (C=O) groups is 1. The van der Waals surface area contributed by atoms with Crippen LogP contribution in [0, 0.1) is 36.5 Å². The first-order valence-electron chi connectivity index (χ1n) is 18.4. The van der Waals surface area contributed by atoms with Gasteiger partial charge in [0.2, 0.25) is 17.8 Å². The molecule has 5 heterocycles. The number of hydrogen-bond donors (Lipinski definition) is 3. The van der Waals surface area contributed by atoms with Crippen LogP contribution in [0.4, 0.5) is 34.1 Å². The molecule has 3 aromatic heterocycles. The van der Waals surface area contributed by atoms with Gasteiger partial charge in [-0.2, -0.15) is 10.5 Å². The summed E-state index contributed by atoms with van der Waals surface area (Å²) in [4.78, 5) is 38.0. The lowest BCUT2D eigenvalue weighted by molar-refractivity contribution is 0.1000. The van der Waals surface area contributed by atoms with Crippen LogP contribution < -0.4 is 26.2 Å². The predicted octanol–water partition coefficient (Wildman–Crippen LogP) is 7.89. The van der Waals surface area contributed by atoms with Crippen molar-refractivity contribution in [3.8, 4) is 34.7 Å². The molecule has 2 aliphatic rings. The standard InChI is InChI=1S/C23H22N6O.C19H18N6S/c1-15-12-17(22(25)30)4-6-19(15)27-23-26-9-8-20(28-23)16-5-7-21(18(13-16)14-24)29-10-2-3-11-29;1-13-12-26-19(22-13)24-18-21-7-6-16(23-18)14-4-5-17(15(10-14)11-20)25-8-2-3-9-25/h4-9,12-13H,2-3,10-11H2,1H3,(H2,25,30)(H,26,27,28);4-7,10,12H,2-3,8-9H2,1H3,(H,21,22,23,24). The maximum absolute atomic E-state index is 11.3. The molecule has 8 rings (SSSR count). The Kier molecular flexibility index (Phi) is 11.4. The van der Waals surface area contributed by atoms with Gasteiger partial charge in [0, 0.05) is 66.3 Å². The summed E-state index contributed by atoms with van der Waals surface area (Å²) >= 11 is 1.52. The van der Waals surface area contributed by atoms with E-state index in [0.717, 1.165) is 95.0 Å². The van der Waals surface area contributed by atoms with Crippen LogP contribution in [0.2, 0.25) is 0 Å². The van der Waals surface area contributed by atoms with Gasteiger partial charge in [0.15, 0.2) is 5.13 Å². The molecule has 3 aromatic carbocycles. The molecule has 0 atom stereocenters. The van der Waals surface area contributed by atoms with Gasteiger partial charge in [-0.25, -0.2) is 24.9 Å². The number of hydrogen-bond acceptors (Lipinski definition) is 13. The summed E-state index contributed by atoms with van der Waals surface area (Å²) < 4.78 is 0. The molecule has 0 saturated carbocycles. The lowest BCUT2D eigenvalue weighted by Gasteiger charge is -2.19. The highest BCUT2D eigenvalue weighted by Crippen LogP contribution is 2.31. The van der Waals surface area contributed by atoms with Gasteiger partial charge in [0.25, 0.3) is 0 Å². The quantitative estimate of drug-likeness (QED) is 0.130. The van der Waals surface area contributed by atoms with Crippen LogP contribution in [0.5, 0.6) is 0 Å². The lowest BCUT2D eigenvalue weighted by Crippen LogP contribution is -2.18. The number of nitriles is 2. The van der Waals surface area contributed by atoms with E-state index in [-0.39, 0.29) is 0 Å². The maximum atomic E-state index is 11.3. The van der Waals surface area contributed by atoms with Crippen molar-refractivity contribution >= 4 is 51.3 Å². The van der Waals surface area contributed by atoms with Crippen molar-refractivity contribution in [2.24, 2.45) is 5.73 Å². The van der Waals surface area contributed by atoms with Crippen molar-refractivity contribution in [1.29, 1.82) is 10.5 Å². The molecular formula is C42H40N12OS. The highest BCUT2D eigenvalue weighted by molar-refractivity contribution is 7.13. The van der Waals surface area contributed by atoms with Gasteiger partial charge in [-0.05, 0) is 99.7 Å². The minimum Gasteiger partial charge on any atom is -0.370 e. The third-order valence-electron chi connectivity index (χ3n) is 9.63. The topological polar surface area (TPSA) is 186 Å². The zero-order valence-electron chi connectivity index (χ0n) is 31.2. The Balaban J connectivity index is 0.000000173. The van der Waals surface area contributed by atoms with E-state index in [2.05, 4.69) is 57.5 Å². The second kappa shape index (κ2) is 17.1. The molecule has 0 unspecified atom stereocenters. The van der Waals surface area contributed by atoms with Crippen molar-refractivity contribution in [1.82, 2.24) is 24.9 Å². The number of carbonyl (C=O) groups excluding carboxylic acids is 1. The zero-order chi connectivity index (χ0) is 39.0. The van der Waals surface area contributed by atoms with Gasteiger partial charge >= 0.3 is 0 Å². The molecular weight excluding hydrogens is 721 g/mol.